The summed E-state index contributed by atoms with van der Waals surface area (Å²) < 4.78 is 6.88. The van der Waals surface area contributed by atoms with Gasteiger partial charge in [-0.25, -0.2) is 4.98 Å². The molecule has 0 fully saturated rings. The Balaban J connectivity index is 1.57. The molecule has 2 aromatic carbocycles. The molecule has 0 bridgehead atoms. The summed E-state index contributed by atoms with van der Waals surface area (Å²) in [6, 6.07) is 12.3. The van der Waals surface area contributed by atoms with E-state index in [0.717, 1.165) is 11.0 Å². The molecule has 31 heavy (non-hydrogen) atoms. The predicted octanol–water partition coefficient (Wildman–Crippen LogP) is 3.46. The minimum absolute atomic E-state index is 0.183. The van der Waals surface area contributed by atoms with E-state index in [1.54, 1.807) is 25.3 Å². The van der Waals surface area contributed by atoms with Crippen molar-refractivity contribution in [3.8, 4) is 0 Å². The number of fused-ring (bicyclic) bond motifs is 2. The molecule has 2 heterocycles. The Bertz CT molecular complexity index is 1340. The molecule has 1 atom stereocenters. The van der Waals surface area contributed by atoms with Gasteiger partial charge in [0.1, 0.15) is 5.82 Å². The molecule has 0 saturated carbocycles. The highest BCUT2D eigenvalue weighted by Crippen LogP contribution is 2.17. The maximum atomic E-state index is 12.8. The number of hydrogen-bond acceptors (Lipinski definition) is 5. The second kappa shape index (κ2) is 8.83. The summed E-state index contributed by atoms with van der Waals surface area (Å²) in [5, 5.41) is 3.42. The average Bonchev–Trinajstić information content (AvgIpc) is 3.20. The lowest BCUT2D eigenvalue weighted by Gasteiger charge is -2.12. The molecule has 0 saturated heterocycles. The number of rotatable bonds is 7. The fraction of sp³-hybridized carbons (Fsp3) is 0.273. The van der Waals surface area contributed by atoms with Gasteiger partial charge in [0.15, 0.2) is 4.77 Å². The first-order valence-electron chi connectivity index (χ1n) is 9.99. The lowest BCUT2D eigenvalue weighted by molar-refractivity contribution is 0.0938. The van der Waals surface area contributed by atoms with Gasteiger partial charge in [-0.1, -0.05) is 12.1 Å². The van der Waals surface area contributed by atoms with E-state index < -0.39 is 0 Å². The van der Waals surface area contributed by atoms with E-state index in [-0.39, 0.29) is 17.5 Å². The number of benzene rings is 2. The van der Waals surface area contributed by atoms with Crippen molar-refractivity contribution in [1.29, 1.82) is 0 Å². The van der Waals surface area contributed by atoms with Crippen molar-refractivity contribution < 1.29 is 9.53 Å². The molecule has 2 aromatic heterocycles. The van der Waals surface area contributed by atoms with E-state index in [1.807, 2.05) is 31.2 Å². The van der Waals surface area contributed by atoms with Crippen LogP contribution in [0.3, 0.4) is 0 Å². The van der Waals surface area contributed by atoms with Crippen molar-refractivity contribution in [2.75, 3.05) is 13.7 Å². The standard InChI is InChI=1S/C22H23N5O3S/c1-13(19-24-16-6-3-4-7-17(16)25-19)23-20(28)14-8-9-15-18(12-14)26-22(31)27(21(15)29)10-5-11-30-2/h3-4,6-9,12-13H,5,10-11H2,1-2H3,(H,23,28)(H,24,25)(H,26,31). The highest BCUT2D eigenvalue weighted by molar-refractivity contribution is 7.71. The second-order valence-electron chi connectivity index (χ2n) is 7.33. The highest BCUT2D eigenvalue weighted by atomic mass is 32.1. The smallest absolute Gasteiger partial charge is 0.262 e. The topological polar surface area (TPSA) is 105 Å². The average molecular weight is 438 g/mol. The van der Waals surface area contributed by atoms with Gasteiger partial charge in [0.2, 0.25) is 0 Å². The van der Waals surface area contributed by atoms with Gasteiger partial charge in [-0.05, 0) is 55.9 Å². The molecule has 0 aliphatic heterocycles. The number of nitrogens with zero attached hydrogens (tertiary/aromatic N) is 2. The molecule has 0 spiro atoms. The number of aromatic nitrogens is 4. The highest BCUT2D eigenvalue weighted by Gasteiger charge is 2.16. The quantitative estimate of drug-likeness (QED) is 0.303. The fourth-order valence-corrected chi connectivity index (χ4v) is 3.78. The molecule has 0 aliphatic rings. The predicted molar refractivity (Wildman–Crippen MR) is 122 cm³/mol. The van der Waals surface area contributed by atoms with Crippen molar-refractivity contribution in [3.63, 3.8) is 0 Å². The van der Waals surface area contributed by atoms with Crippen molar-refractivity contribution >= 4 is 40.1 Å². The van der Waals surface area contributed by atoms with Gasteiger partial charge in [0.05, 0.1) is 28.0 Å². The van der Waals surface area contributed by atoms with Crippen LogP contribution in [0.2, 0.25) is 0 Å². The number of methoxy groups -OCH3 is 1. The summed E-state index contributed by atoms with van der Waals surface area (Å²) >= 11 is 5.34. The molecule has 160 valence electrons. The minimum Gasteiger partial charge on any atom is -0.385 e. The number of ether oxygens (including phenoxy) is 1. The molecule has 9 heteroatoms. The van der Waals surface area contributed by atoms with Crippen LogP contribution in [-0.2, 0) is 11.3 Å². The largest absolute Gasteiger partial charge is 0.385 e. The number of H-pyrrole nitrogens is 2. The zero-order valence-corrected chi connectivity index (χ0v) is 18.1. The van der Waals surface area contributed by atoms with Crippen molar-refractivity contribution in [1.82, 2.24) is 24.8 Å². The van der Waals surface area contributed by atoms with E-state index in [4.69, 9.17) is 17.0 Å². The Morgan fingerprint density at radius 3 is 2.81 bits per heavy atom. The molecular weight excluding hydrogens is 414 g/mol. The van der Waals surface area contributed by atoms with Crippen LogP contribution in [-0.4, -0.2) is 39.1 Å². The van der Waals surface area contributed by atoms with Gasteiger partial charge in [0.25, 0.3) is 11.5 Å². The molecule has 8 nitrogen and oxygen atoms in total. The molecule has 4 aromatic rings. The fourth-order valence-electron chi connectivity index (χ4n) is 3.49. The Labute approximate surface area is 183 Å². The summed E-state index contributed by atoms with van der Waals surface area (Å²) in [4.78, 5) is 36.4. The van der Waals surface area contributed by atoms with Crippen LogP contribution in [0.5, 0.6) is 0 Å². The minimum atomic E-state index is -0.317. The van der Waals surface area contributed by atoms with Crippen LogP contribution in [0.15, 0.2) is 47.3 Å². The van der Waals surface area contributed by atoms with Crippen LogP contribution in [0.4, 0.5) is 0 Å². The normalized spacial score (nSPS) is 12.3. The third-order valence-corrected chi connectivity index (χ3v) is 5.46. The van der Waals surface area contributed by atoms with Crippen LogP contribution in [0.25, 0.3) is 21.9 Å². The van der Waals surface area contributed by atoms with Crippen molar-refractivity contribution in [2.45, 2.75) is 25.9 Å². The number of para-hydroxylation sites is 2. The van der Waals surface area contributed by atoms with Gasteiger partial charge in [-0.2, -0.15) is 0 Å². The monoisotopic (exact) mass is 437 g/mol. The van der Waals surface area contributed by atoms with E-state index in [9.17, 15) is 9.59 Å². The van der Waals surface area contributed by atoms with E-state index in [0.29, 0.717) is 46.6 Å². The zero-order chi connectivity index (χ0) is 22.0. The van der Waals surface area contributed by atoms with Crippen molar-refractivity contribution in [2.24, 2.45) is 0 Å². The van der Waals surface area contributed by atoms with Crippen LogP contribution in [0, 0.1) is 4.77 Å². The number of carbonyl (C=O) groups is 1. The Morgan fingerprint density at radius 2 is 2.03 bits per heavy atom. The lowest BCUT2D eigenvalue weighted by Crippen LogP contribution is -2.27. The van der Waals surface area contributed by atoms with Gasteiger partial charge in [0, 0.05) is 25.8 Å². The van der Waals surface area contributed by atoms with Gasteiger partial charge < -0.3 is 20.0 Å². The molecule has 1 unspecified atom stereocenters. The van der Waals surface area contributed by atoms with Gasteiger partial charge in [-0.15, -0.1) is 0 Å². The molecular formula is C22H23N5O3S. The first kappa shape index (κ1) is 21.0. The summed E-state index contributed by atoms with van der Waals surface area (Å²) in [6.07, 6.45) is 0.680. The maximum Gasteiger partial charge on any atom is 0.262 e. The Morgan fingerprint density at radius 1 is 1.23 bits per heavy atom. The number of imidazole rings is 1. The molecule has 0 radical (unpaired) electrons. The van der Waals surface area contributed by atoms with Gasteiger partial charge in [-0.3, -0.25) is 14.2 Å². The number of nitrogens with one attached hydrogen (secondary N) is 3. The molecule has 4 rings (SSSR count). The van der Waals surface area contributed by atoms with Crippen molar-refractivity contribution in [3.05, 3.63) is 69.0 Å². The van der Waals surface area contributed by atoms with Gasteiger partial charge >= 0.3 is 0 Å². The first-order valence-corrected chi connectivity index (χ1v) is 10.4. The van der Waals surface area contributed by atoms with E-state index >= 15 is 0 Å². The summed E-state index contributed by atoms with van der Waals surface area (Å²) in [7, 11) is 1.62. The number of hydrogen-bond donors (Lipinski definition) is 3. The number of carbonyl (C=O) groups excluding carboxylic acids is 1. The van der Waals surface area contributed by atoms with E-state index in [2.05, 4.69) is 20.3 Å². The lowest BCUT2D eigenvalue weighted by atomic mass is 10.1. The number of aromatic amines is 2. The van der Waals surface area contributed by atoms with Crippen LogP contribution >= 0.6 is 12.2 Å². The summed E-state index contributed by atoms with van der Waals surface area (Å²) in [5.41, 5.74) is 2.54. The zero-order valence-electron chi connectivity index (χ0n) is 17.3. The molecule has 0 aliphatic carbocycles. The van der Waals surface area contributed by atoms with Crippen LogP contribution in [0.1, 0.15) is 35.6 Å². The summed E-state index contributed by atoms with van der Waals surface area (Å²) in [5.74, 6) is 0.409. The number of amides is 1. The summed E-state index contributed by atoms with van der Waals surface area (Å²) in [6.45, 7) is 2.87. The molecule has 1 amide bonds. The Hall–Kier alpha value is -3.30. The van der Waals surface area contributed by atoms with Crippen LogP contribution < -0.4 is 10.9 Å². The third kappa shape index (κ3) is 4.28. The Kier molecular flexibility index (Phi) is 5.97. The first-order chi connectivity index (χ1) is 15.0. The maximum absolute atomic E-state index is 12.8. The van der Waals surface area contributed by atoms with E-state index in [1.165, 1.54) is 4.57 Å². The molecule has 3 N–H and O–H groups in total. The second-order valence-corrected chi connectivity index (χ2v) is 7.71. The SMILES string of the molecule is COCCCn1c(=S)[nH]c2cc(C(=O)NC(C)c3nc4ccccc4[nH]3)ccc2c1=O. The third-order valence-electron chi connectivity index (χ3n) is 5.14.